The van der Waals surface area contributed by atoms with Gasteiger partial charge in [-0.15, -0.1) is 0 Å². The molecule has 5 nitrogen and oxygen atoms in total. The number of methoxy groups -OCH3 is 1. The van der Waals surface area contributed by atoms with Crippen molar-refractivity contribution in [2.45, 2.75) is 25.8 Å². The van der Waals surface area contributed by atoms with Crippen LogP contribution in [0.4, 0.5) is 0 Å². The Hall–Kier alpha value is -1.91. The summed E-state index contributed by atoms with van der Waals surface area (Å²) in [5, 5.41) is 2.57. The molecular weight excluding hydrogens is 220 g/mol. The molecule has 0 aliphatic carbocycles. The van der Waals surface area contributed by atoms with Crippen LogP contribution in [0.15, 0.2) is 24.5 Å². The largest absolute Gasteiger partial charge is 0.467 e. The predicted molar refractivity (Wildman–Crippen MR) is 62.2 cm³/mol. The van der Waals surface area contributed by atoms with Crippen molar-refractivity contribution >= 4 is 11.9 Å². The van der Waals surface area contributed by atoms with Gasteiger partial charge >= 0.3 is 5.97 Å². The molecule has 92 valence electrons. The van der Waals surface area contributed by atoms with Gasteiger partial charge in [0.05, 0.1) is 7.11 Å². The molecule has 5 heteroatoms. The molecule has 0 aliphatic rings. The van der Waals surface area contributed by atoms with Crippen LogP contribution in [0, 0.1) is 0 Å². The number of hydrogen-bond acceptors (Lipinski definition) is 4. The molecule has 0 aromatic carbocycles. The minimum atomic E-state index is -0.607. The van der Waals surface area contributed by atoms with Gasteiger partial charge < -0.3 is 10.1 Å². The van der Waals surface area contributed by atoms with Crippen LogP contribution in [0.5, 0.6) is 0 Å². The number of aromatic nitrogens is 1. The summed E-state index contributed by atoms with van der Waals surface area (Å²) in [4.78, 5) is 26.5. The number of aryl methyl sites for hydroxylation is 1. The van der Waals surface area contributed by atoms with Crippen LogP contribution in [0.3, 0.4) is 0 Å². The molecule has 17 heavy (non-hydrogen) atoms. The lowest BCUT2D eigenvalue weighted by molar-refractivity contribution is -0.144. The Morgan fingerprint density at radius 3 is 2.65 bits per heavy atom. The number of pyridine rings is 1. The third-order valence-corrected chi connectivity index (χ3v) is 2.32. The summed E-state index contributed by atoms with van der Waals surface area (Å²) < 4.78 is 4.51. The van der Waals surface area contributed by atoms with Crippen LogP contribution >= 0.6 is 0 Å². The molecule has 0 radical (unpaired) electrons. The van der Waals surface area contributed by atoms with Crippen LogP contribution in [0.1, 0.15) is 18.9 Å². The lowest BCUT2D eigenvalue weighted by atomic mass is 10.1. The Morgan fingerprint density at radius 1 is 1.41 bits per heavy atom. The first-order chi connectivity index (χ1) is 8.13. The highest BCUT2D eigenvalue weighted by Crippen LogP contribution is 2.01. The topological polar surface area (TPSA) is 68.3 Å². The van der Waals surface area contributed by atoms with Crippen LogP contribution in [0.2, 0.25) is 0 Å². The number of ether oxygens (including phenoxy) is 1. The third-order valence-electron chi connectivity index (χ3n) is 2.32. The summed E-state index contributed by atoms with van der Waals surface area (Å²) >= 11 is 0. The Kier molecular flexibility index (Phi) is 5.13. The molecule has 0 aliphatic heterocycles. The van der Waals surface area contributed by atoms with Crippen molar-refractivity contribution in [3.05, 3.63) is 30.1 Å². The minimum Gasteiger partial charge on any atom is -0.467 e. The molecule has 1 N–H and O–H groups in total. The van der Waals surface area contributed by atoms with E-state index in [4.69, 9.17) is 0 Å². The van der Waals surface area contributed by atoms with Crippen molar-refractivity contribution in [3.8, 4) is 0 Å². The zero-order chi connectivity index (χ0) is 12.7. The summed E-state index contributed by atoms with van der Waals surface area (Å²) in [7, 11) is 1.29. The zero-order valence-corrected chi connectivity index (χ0v) is 9.97. The standard InChI is InChI=1S/C12H16N2O3/c1-9(12(16)17-2)14-11(15)4-3-10-5-7-13-8-6-10/h5-9H,3-4H2,1-2H3,(H,14,15). The fourth-order valence-electron chi connectivity index (χ4n) is 1.36. The van der Waals surface area contributed by atoms with E-state index in [0.29, 0.717) is 12.8 Å². The minimum absolute atomic E-state index is 0.167. The molecule has 1 unspecified atom stereocenters. The first kappa shape index (κ1) is 13.2. The predicted octanol–water partition coefficient (Wildman–Crippen LogP) is 0.692. The second-order valence-electron chi connectivity index (χ2n) is 3.67. The highest BCUT2D eigenvalue weighted by molar-refractivity contribution is 5.84. The van der Waals surface area contributed by atoms with E-state index < -0.39 is 12.0 Å². The first-order valence-corrected chi connectivity index (χ1v) is 5.39. The van der Waals surface area contributed by atoms with Gasteiger partial charge in [0, 0.05) is 18.8 Å². The second kappa shape index (κ2) is 6.62. The van der Waals surface area contributed by atoms with Gasteiger partial charge in [-0.05, 0) is 31.0 Å². The Bertz CT molecular complexity index is 379. The van der Waals surface area contributed by atoms with E-state index in [-0.39, 0.29) is 5.91 Å². The van der Waals surface area contributed by atoms with Crippen molar-refractivity contribution < 1.29 is 14.3 Å². The van der Waals surface area contributed by atoms with Gasteiger partial charge in [0.25, 0.3) is 0 Å². The number of nitrogens with zero attached hydrogens (tertiary/aromatic N) is 1. The highest BCUT2D eigenvalue weighted by Gasteiger charge is 2.15. The number of esters is 1. The van der Waals surface area contributed by atoms with E-state index in [2.05, 4.69) is 15.0 Å². The number of hydrogen-bond donors (Lipinski definition) is 1. The van der Waals surface area contributed by atoms with Gasteiger partial charge in [0.1, 0.15) is 6.04 Å². The fraction of sp³-hybridized carbons (Fsp3) is 0.417. The average Bonchev–Trinajstić information content (AvgIpc) is 2.36. The molecule has 0 saturated heterocycles. The molecular formula is C12H16N2O3. The normalized spacial score (nSPS) is 11.6. The maximum absolute atomic E-state index is 11.5. The van der Waals surface area contributed by atoms with E-state index in [1.807, 2.05) is 12.1 Å². The van der Waals surface area contributed by atoms with Crippen LogP contribution in [-0.2, 0) is 20.7 Å². The van der Waals surface area contributed by atoms with Crippen molar-refractivity contribution in [2.24, 2.45) is 0 Å². The summed E-state index contributed by atoms with van der Waals surface area (Å²) in [5.41, 5.74) is 1.04. The number of carbonyl (C=O) groups excluding carboxylic acids is 2. The Morgan fingerprint density at radius 2 is 2.06 bits per heavy atom. The SMILES string of the molecule is COC(=O)C(C)NC(=O)CCc1ccncc1. The monoisotopic (exact) mass is 236 g/mol. The Balaban J connectivity index is 2.33. The molecule has 1 heterocycles. The van der Waals surface area contributed by atoms with E-state index in [1.54, 1.807) is 19.3 Å². The number of nitrogens with one attached hydrogen (secondary N) is 1. The molecule has 0 fully saturated rings. The van der Waals surface area contributed by atoms with Gasteiger partial charge in [-0.25, -0.2) is 4.79 Å². The average molecular weight is 236 g/mol. The summed E-state index contributed by atoms with van der Waals surface area (Å²) in [5.74, 6) is -0.609. The van der Waals surface area contributed by atoms with Gasteiger partial charge in [0.2, 0.25) is 5.91 Å². The molecule has 0 spiro atoms. The van der Waals surface area contributed by atoms with Crippen LogP contribution in [-0.4, -0.2) is 30.0 Å². The Labute approximate surface area is 100 Å². The van der Waals surface area contributed by atoms with Crippen molar-refractivity contribution in [1.29, 1.82) is 0 Å². The van der Waals surface area contributed by atoms with Crippen molar-refractivity contribution in [1.82, 2.24) is 10.3 Å². The van der Waals surface area contributed by atoms with Gasteiger partial charge in [-0.1, -0.05) is 0 Å². The van der Waals surface area contributed by atoms with Crippen LogP contribution in [0.25, 0.3) is 0 Å². The van der Waals surface area contributed by atoms with Gasteiger partial charge in [0.15, 0.2) is 0 Å². The summed E-state index contributed by atoms with van der Waals surface area (Å²) in [6.45, 7) is 1.59. The maximum Gasteiger partial charge on any atom is 0.328 e. The second-order valence-corrected chi connectivity index (χ2v) is 3.67. The fourth-order valence-corrected chi connectivity index (χ4v) is 1.36. The van der Waals surface area contributed by atoms with Gasteiger partial charge in [-0.3, -0.25) is 9.78 Å². The quantitative estimate of drug-likeness (QED) is 0.764. The molecule has 0 bridgehead atoms. The van der Waals surface area contributed by atoms with E-state index in [9.17, 15) is 9.59 Å². The molecule has 1 amide bonds. The van der Waals surface area contributed by atoms with Crippen molar-refractivity contribution in [2.75, 3.05) is 7.11 Å². The first-order valence-electron chi connectivity index (χ1n) is 5.39. The molecule has 1 rings (SSSR count). The summed E-state index contributed by atoms with van der Waals surface area (Å²) in [6, 6.07) is 3.11. The molecule has 1 atom stereocenters. The van der Waals surface area contributed by atoms with Gasteiger partial charge in [-0.2, -0.15) is 0 Å². The lowest BCUT2D eigenvalue weighted by Gasteiger charge is -2.11. The zero-order valence-electron chi connectivity index (χ0n) is 9.97. The van der Waals surface area contributed by atoms with E-state index >= 15 is 0 Å². The smallest absolute Gasteiger partial charge is 0.328 e. The molecule has 0 saturated carbocycles. The highest BCUT2D eigenvalue weighted by atomic mass is 16.5. The maximum atomic E-state index is 11.5. The van der Waals surface area contributed by atoms with Crippen LogP contribution < -0.4 is 5.32 Å². The number of amides is 1. The molecule has 1 aromatic heterocycles. The molecule has 1 aromatic rings. The number of carbonyl (C=O) groups is 2. The van der Waals surface area contributed by atoms with E-state index in [1.165, 1.54) is 7.11 Å². The summed E-state index contributed by atoms with van der Waals surface area (Å²) in [6.07, 6.45) is 4.34. The van der Waals surface area contributed by atoms with Crippen molar-refractivity contribution in [3.63, 3.8) is 0 Å². The van der Waals surface area contributed by atoms with E-state index in [0.717, 1.165) is 5.56 Å². The number of rotatable bonds is 5. The third kappa shape index (κ3) is 4.63. The lowest BCUT2D eigenvalue weighted by Crippen LogP contribution is -2.39.